The van der Waals surface area contributed by atoms with Gasteiger partial charge in [-0.05, 0) is 25.2 Å². The lowest BCUT2D eigenvalue weighted by Gasteiger charge is -2.38. The number of hydrogen-bond donors (Lipinski definition) is 2. The first-order valence-corrected chi connectivity index (χ1v) is 7.70. The van der Waals surface area contributed by atoms with Gasteiger partial charge in [0.05, 0.1) is 0 Å². The van der Waals surface area contributed by atoms with Gasteiger partial charge in [0, 0.05) is 12.7 Å². The lowest BCUT2D eigenvalue weighted by atomic mass is 10.0. The van der Waals surface area contributed by atoms with Crippen LogP contribution in [-0.4, -0.2) is 28.6 Å². The van der Waals surface area contributed by atoms with Crippen molar-refractivity contribution >= 4 is 5.91 Å². The first kappa shape index (κ1) is 14.2. The summed E-state index contributed by atoms with van der Waals surface area (Å²) in [5.74, 6) is 0.191. The lowest BCUT2D eigenvalue weighted by molar-refractivity contribution is -0.135. The van der Waals surface area contributed by atoms with E-state index in [0.717, 1.165) is 19.4 Å². The number of hydrogen-bond acceptors (Lipinski definition) is 3. The number of carbonyl (C=O) groups excluding carboxylic acids is 1. The van der Waals surface area contributed by atoms with Crippen molar-refractivity contribution < 1.29 is 9.90 Å². The van der Waals surface area contributed by atoms with Gasteiger partial charge in [0.25, 0.3) is 5.91 Å². The predicted molar refractivity (Wildman–Crippen MR) is 75.4 cm³/mol. The highest BCUT2D eigenvalue weighted by atomic mass is 16.3. The van der Waals surface area contributed by atoms with Crippen molar-refractivity contribution in [2.45, 2.75) is 64.5 Å². The molecule has 1 saturated carbocycles. The van der Waals surface area contributed by atoms with Gasteiger partial charge in [0.2, 0.25) is 0 Å². The SMILES string of the molecule is CCCCCCN1C(=O)C(O)=CNC1C1CCCC1. The molecule has 108 valence electrons. The number of nitrogens with zero attached hydrogens (tertiary/aromatic N) is 1. The molecule has 2 rings (SSSR count). The van der Waals surface area contributed by atoms with Crippen molar-refractivity contribution in [1.29, 1.82) is 0 Å². The summed E-state index contributed by atoms with van der Waals surface area (Å²) < 4.78 is 0. The van der Waals surface area contributed by atoms with Crippen LogP contribution in [0.5, 0.6) is 0 Å². The zero-order valence-electron chi connectivity index (χ0n) is 11.9. The second-order valence-electron chi connectivity index (χ2n) is 5.74. The Morgan fingerprint density at radius 1 is 1.32 bits per heavy atom. The Hall–Kier alpha value is -1.19. The first-order valence-electron chi connectivity index (χ1n) is 7.70. The second kappa shape index (κ2) is 6.83. The number of unbranched alkanes of at least 4 members (excludes halogenated alkanes) is 3. The van der Waals surface area contributed by atoms with Crippen LogP contribution in [0.25, 0.3) is 0 Å². The number of carbonyl (C=O) groups is 1. The average molecular weight is 266 g/mol. The van der Waals surface area contributed by atoms with Crippen LogP contribution < -0.4 is 5.32 Å². The van der Waals surface area contributed by atoms with Gasteiger partial charge in [0.1, 0.15) is 6.17 Å². The van der Waals surface area contributed by atoms with Crippen LogP contribution in [-0.2, 0) is 4.79 Å². The molecule has 0 spiro atoms. The molecule has 0 saturated heterocycles. The van der Waals surface area contributed by atoms with Gasteiger partial charge < -0.3 is 15.3 Å². The molecular weight excluding hydrogens is 240 g/mol. The number of amides is 1. The van der Waals surface area contributed by atoms with E-state index in [1.807, 2.05) is 4.90 Å². The molecule has 4 heteroatoms. The molecule has 0 aromatic rings. The van der Waals surface area contributed by atoms with E-state index < -0.39 is 0 Å². The Morgan fingerprint density at radius 2 is 2.05 bits per heavy atom. The van der Waals surface area contributed by atoms with Crippen molar-refractivity contribution in [3.05, 3.63) is 12.0 Å². The summed E-state index contributed by atoms with van der Waals surface area (Å²) in [4.78, 5) is 14.0. The van der Waals surface area contributed by atoms with Crippen molar-refractivity contribution in [2.75, 3.05) is 6.54 Å². The zero-order chi connectivity index (χ0) is 13.7. The number of rotatable bonds is 6. The number of nitrogens with one attached hydrogen (secondary N) is 1. The minimum absolute atomic E-state index is 0.0903. The maximum atomic E-state index is 12.1. The fourth-order valence-electron chi connectivity index (χ4n) is 3.20. The summed E-state index contributed by atoms with van der Waals surface area (Å²) in [6, 6.07) is 0. The maximum Gasteiger partial charge on any atom is 0.291 e. The molecule has 19 heavy (non-hydrogen) atoms. The van der Waals surface area contributed by atoms with Gasteiger partial charge in [-0.3, -0.25) is 4.79 Å². The molecule has 1 unspecified atom stereocenters. The lowest BCUT2D eigenvalue weighted by Crippen LogP contribution is -2.54. The van der Waals surface area contributed by atoms with Crippen LogP contribution >= 0.6 is 0 Å². The van der Waals surface area contributed by atoms with Crippen LogP contribution in [0, 0.1) is 5.92 Å². The Bertz CT molecular complexity index is 335. The standard InChI is InChI=1S/C15H26N2O2/c1-2-3-4-7-10-17-14(12-8-5-6-9-12)16-11-13(18)15(17)19/h11-12,14,16,18H,2-10H2,1H3. The molecule has 1 amide bonds. The third kappa shape index (κ3) is 3.43. The van der Waals surface area contributed by atoms with E-state index in [4.69, 9.17) is 0 Å². The van der Waals surface area contributed by atoms with Crippen molar-refractivity contribution in [3.8, 4) is 0 Å². The average Bonchev–Trinajstić information content (AvgIpc) is 2.93. The zero-order valence-corrected chi connectivity index (χ0v) is 11.9. The fraction of sp³-hybridized carbons (Fsp3) is 0.800. The number of aliphatic hydroxyl groups excluding tert-OH is 1. The molecule has 0 bridgehead atoms. The second-order valence-corrected chi connectivity index (χ2v) is 5.74. The van der Waals surface area contributed by atoms with Crippen molar-refractivity contribution in [2.24, 2.45) is 5.92 Å². The van der Waals surface area contributed by atoms with Gasteiger partial charge in [-0.15, -0.1) is 0 Å². The van der Waals surface area contributed by atoms with E-state index in [2.05, 4.69) is 12.2 Å². The predicted octanol–water partition coefficient (Wildman–Crippen LogP) is 2.91. The van der Waals surface area contributed by atoms with Gasteiger partial charge in [-0.25, -0.2) is 0 Å². The monoisotopic (exact) mass is 266 g/mol. The van der Waals surface area contributed by atoms with Gasteiger partial charge in [0.15, 0.2) is 5.76 Å². The Morgan fingerprint density at radius 3 is 2.74 bits per heavy atom. The highest BCUT2D eigenvalue weighted by molar-refractivity contribution is 5.91. The molecule has 1 aliphatic heterocycles. The summed E-state index contributed by atoms with van der Waals surface area (Å²) in [7, 11) is 0. The van der Waals surface area contributed by atoms with E-state index in [0.29, 0.717) is 5.92 Å². The van der Waals surface area contributed by atoms with E-state index in [-0.39, 0.29) is 17.8 Å². The van der Waals surface area contributed by atoms with Crippen LogP contribution in [0.1, 0.15) is 58.3 Å². The third-order valence-corrected chi connectivity index (χ3v) is 4.31. The smallest absolute Gasteiger partial charge is 0.291 e. The summed E-state index contributed by atoms with van der Waals surface area (Å²) >= 11 is 0. The molecule has 4 nitrogen and oxygen atoms in total. The summed E-state index contributed by atoms with van der Waals surface area (Å²) in [5.41, 5.74) is 0. The minimum atomic E-state index is -0.202. The summed E-state index contributed by atoms with van der Waals surface area (Å²) in [6.07, 6.45) is 11.1. The van der Waals surface area contributed by atoms with Gasteiger partial charge >= 0.3 is 0 Å². The van der Waals surface area contributed by atoms with Gasteiger partial charge in [-0.2, -0.15) is 0 Å². The number of aliphatic hydroxyl groups is 1. The molecule has 0 radical (unpaired) electrons. The van der Waals surface area contributed by atoms with E-state index >= 15 is 0 Å². The summed E-state index contributed by atoms with van der Waals surface area (Å²) in [5, 5.41) is 12.8. The molecule has 2 aliphatic rings. The maximum absolute atomic E-state index is 12.1. The van der Waals surface area contributed by atoms with Crippen LogP contribution in [0.2, 0.25) is 0 Å². The van der Waals surface area contributed by atoms with E-state index in [1.165, 1.54) is 44.7 Å². The summed E-state index contributed by atoms with van der Waals surface area (Å²) in [6.45, 7) is 2.94. The van der Waals surface area contributed by atoms with E-state index in [1.54, 1.807) is 0 Å². The van der Waals surface area contributed by atoms with Crippen molar-refractivity contribution in [1.82, 2.24) is 10.2 Å². The molecule has 1 atom stereocenters. The quantitative estimate of drug-likeness (QED) is 0.727. The Balaban J connectivity index is 1.96. The normalized spacial score (nSPS) is 24.5. The molecule has 0 aromatic heterocycles. The highest BCUT2D eigenvalue weighted by Gasteiger charge is 2.35. The van der Waals surface area contributed by atoms with Crippen molar-refractivity contribution in [3.63, 3.8) is 0 Å². The van der Waals surface area contributed by atoms with Crippen LogP contribution in [0.4, 0.5) is 0 Å². The largest absolute Gasteiger partial charge is 0.502 e. The molecule has 2 N–H and O–H groups in total. The fourth-order valence-corrected chi connectivity index (χ4v) is 3.20. The molecule has 0 aromatic carbocycles. The first-order chi connectivity index (χ1) is 9.24. The molecule has 1 heterocycles. The molecular formula is C15H26N2O2. The Labute approximate surface area is 115 Å². The van der Waals surface area contributed by atoms with Gasteiger partial charge in [-0.1, -0.05) is 39.0 Å². The molecule has 1 fully saturated rings. The third-order valence-electron chi connectivity index (χ3n) is 4.31. The topological polar surface area (TPSA) is 52.6 Å². The van der Waals surface area contributed by atoms with E-state index in [9.17, 15) is 9.90 Å². The Kier molecular flexibility index (Phi) is 5.11. The molecule has 1 aliphatic carbocycles. The van der Waals surface area contributed by atoms with Crippen LogP contribution in [0.15, 0.2) is 12.0 Å². The van der Waals surface area contributed by atoms with Crippen LogP contribution in [0.3, 0.4) is 0 Å². The minimum Gasteiger partial charge on any atom is -0.502 e. The highest BCUT2D eigenvalue weighted by Crippen LogP contribution is 2.31.